The van der Waals surface area contributed by atoms with E-state index in [0.29, 0.717) is 10.2 Å². The van der Waals surface area contributed by atoms with E-state index in [4.69, 9.17) is 0 Å². The fourth-order valence-corrected chi connectivity index (χ4v) is 4.67. The SMILES string of the molecule is CC(C(=O)O)n1c(-c2c(F)cccc2F)nc2sc3c(c2c1=O)CCC3. The Morgan fingerprint density at radius 3 is 2.65 bits per heavy atom. The van der Waals surface area contributed by atoms with Crippen molar-refractivity contribution in [2.45, 2.75) is 32.2 Å². The molecule has 5 nitrogen and oxygen atoms in total. The highest BCUT2D eigenvalue weighted by atomic mass is 32.1. The lowest BCUT2D eigenvalue weighted by molar-refractivity contribution is -0.140. The van der Waals surface area contributed by atoms with Gasteiger partial charge in [-0.25, -0.2) is 18.6 Å². The van der Waals surface area contributed by atoms with Crippen molar-refractivity contribution in [1.82, 2.24) is 9.55 Å². The number of thiophene rings is 1. The van der Waals surface area contributed by atoms with Gasteiger partial charge in [-0.1, -0.05) is 6.07 Å². The van der Waals surface area contributed by atoms with Gasteiger partial charge in [0.25, 0.3) is 5.56 Å². The Hall–Kier alpha value is -2.61. The van der Waals surface area contributed by atoms with Crippen molar-refractivity contribution in [3.05, 3.63) is 50.6 Å². The number of nitrogens with zero attached hydrogens (tertiary/aromatic N) is 2. The number of benzene rings is 1. The minimum absolute atomic E-state index is 0.298. The molecule has 8 heteroatoms. The molecule has 0 aliphatic heterocycles. The summed E-state index contributed by atoms with van der Waals surface area (Å²) in [4.78, 5) is 30.4. The molecule has 3 aromatic rings. The van der Waals surface area contributed by atoms with Gasteiger partial charge < -0.3 is 5.11 Å². The molecule has 1 aliphatic rings. The molecule has 0 amide bonds. The zero-order chi connectivity index (χ0) is 18.6. The molecule has 0 radical (unpaired) electrons. The molecule has 0 saturated carbocycles. The number of aliphatic carboxylic acids is 1. The fraction of sp³-hybridized carbons (Fsp3) is 0.278. The molecule has 2 heterocycles. The summed E-state index contributed by atoms with van der Waals surface area (Å²) < 4.78 is 29.6. The van der Waals surface area contributed by atoms with Crippen molar-refractivity contribution >= 4 is 27.5 Å². The predicted molar refractivity (Wildman–Crippen MR) is 93.6 cm³/mol. The molecule has 1 aromatic carbocycles. The van der Waals surface area contributed by atoms with Gasteiger partial charge in [0.15, 0.2) is 5.82 Å². The molecule has 4 rings (SSSR count). The van der Waals surface area contributed by atoms with E-state index >= 15 is 0 Å². The molecule has 134 valence electrons. The number of carboxylic acids is 1. The van der Waals surface area contributed by atoms with E-state index in [2.05, 4.69) is 4.98 Å². The number of hydrogen-bond donors (Lipinski definition) is 1. The molecule has 0 bridgehead atoms. The van der Waals surface area contributed by atoms with Crippen LogP contribution < -0.4 is 5.56 Å². The minimum Gasteiger partial charge on any atom is -0.480 e. The third kappa shape index (κ3) is 2.36. The zero-order valence-electron chi connectivity index (χ0n) is 13.8. The quantitative estimate of drug-likeness (QED) is 0.759. The fourth-order valence-electron chi connectivity index (χ4n) is 3.41. The van der Waals surface area contributed by atoms with Crippen molar-refractivity contribution in [1.29, 1.82) is 0 Å². The summed E-state index contributed by atoms with van der Waals surface area (Å²) in [5, 5.41) is 9.78. The van der Waals surface area contributed by atoms with Crippen LogP contribution in [0.25, 0.3) is 21.6 Å². The van der Waals surface area contributed by atoms with Gasteiger partial charge in [-0.15, -0.1) is 11.3 Å². The maximum Gasteiger partial charge on any atom is 0.326 e. The van der Waals surface area contributed by atoms with Crippen molar-refractivity contribution in [2.24, 2.45) is 0 Å². The Labute approximate surface area is 150 Å². The number of aromatic nitrogens is 2. The summed E-state index contributed by atoms with van der Waals surface area (Å²) in [5.74, 6) is -3.37. The van der Waals surface area contributed by atoms with Crippen LogP contribution in [0.1, 0.15) is 29.8 Å². The smallest absolute Gasteiger partial charge is 0.326 e. The van der Waals surface area contributed by atoms with Crippen molar-refractivity contribution < 1.29 is 18.7 Å². The number of aryl methyl sites for hydroxylation is 2. The van der Waals surface area contributed by atoms with E-state index in [1.54, 1.807) is 0 Å². The third-order valence-corrected chi connectivity index (χ3v) is 5.89. The summed E-state index contributed by atoms with van der Waals surface area (Å²) in [7, 11) is 0. The van der Waals surface area contributed by atoms with Crippen molar-refractivity contribution in [2.75, 3.05) is 0 Å². The molecule has 0 spiro atoms. The second-order valence-corrected chi connectivity index (χ2v) is 7.34. The Balaban J connectivity index is 2.14. The number of halogens is 2. The van der Waals surface area contributed by atoms with Crippen LogP contribution in [-0.2, 0) is 17.6 Å². The first-order valence-corrected chi connectivity index (χ1v) is 8.95. The van der Waals surface area contributed by atoms with Gasteiger partial charge >= 0.3 is 5.97 Å². The first-order chi connectivity index (χ1) is 12.4. The molecule has 0 saturated heterocycles. The van der Waals surface area contributed by atoms with Gasteiger partial charge in [0, 0.05) is 4.88 Å². The second-order valence-electron chi connectivity index (χ2n) is 6.26. The van der Waals surface area contributed by atoms with Gasteiger partial charge in [-0.05, 0) is 43.9 Å². The molecule has 1 atom stereocenters. The molecule has 1 aliphatic carbocycles. The van der Waals surface area contributed by atoms with Gasteiger partial charge in [0.2, 0.25) is 0 Å². The number of rotatable bonds is 3. The number of hydrogen-bond acceptors (Lipinski definition) is 4. The van der Waals surface area contributed by atoms with Crippen LogP contribution in [0.2, 0.25) is 0 Å². The predicted octanol–water partition coefficient (Wildman–Crippen LogP) is 3.54. The van der Waals surface area contributed by atoms with Crippen LogP contribution in [0.4, 0.5) is 8.78 Å². The van der Waals surface area contributed by atoms with E-state index < -0.39 is 34.8 Å². The van der Waals surface area contributed by atoms with Crippen LogP contribution >= 0.6 is 11.3 Å². The Bertz CT molecular complexity index is 1100. The summed E-state index contributed by atoms with van der Waals surface area (Å²) >= 11 is 1.33. The average molecular weight is 376 g/mol. The largest absolute Gasteiger partial charge is 0.480 e. The summed E-state index contributed by atoms with van der Waals surface area (Å²) in [6, 6.07) is 2.00. The third-order valence-electron chi connectivity index (χ3n) is 4.70. The molecular formula is C18H14F2N2O3S. The van der Waals surface area contributed by atoms with E-state index in [1.807, 2.05) is 0 Å². The summed E-state index contributed by atoms with van der Waals surface area (Å²) in [5.41, 5.74) is -0.176. The second kappa shape index (κ2) is 5.98. The lowest BCUT2D eigenvalue weighted by Crippen LogP contribution is -2.31. The molecule has 2 aromatic heterocycles. The average Bonchev–Trinajstić information content (AvgIpc) is 3.14. The van der Waals surface area contributed by atoms with Gasteiger partial charge in [-0.2, -0.15) is 0 Å². The van der Waals surface area contributed by atoms with Gasteiger partial charge in [-0.3, -0.25) is 9.36 Å². The highest BCUT2D eigenvalue weighted by Crippen LogP contribution is 2.36. The van der Waals surface area contributed by atoms with Crippen LogP contribution in [0, 0.1) is 11.6 Å². The standard InChI is InChI=1S/C18H14F2N2O3S/c1-8(18(24)25)22-15(14-10(19)5-3-6-11(14)20)21-16-13(17(22)23)9-4-2-7-12(9)26-16/h3,5-6,8H,2,4,7H2,1H3,(H,24,25). The van der Waals surface area contributed by atoms with Crippen LogP contribution in [0.5, 0.6) is 0 Å². The van der Waals surface area contributed by atoms with Crippen molar-refractivity contribution in [3.8, 4) is 11.4 Å². The summed E-state index contributed by atoms with van der Waals surface area (Å²) in [6.45, 7) is 1.30. The van der Waals surface area contributed by atoms with Crippen molar-refractivity contribution in [3.63, 3.8) is 0 Å². The Kier molecular flexibility index (Phi) is 3.87. The zero-order valence-corrected chi connectivity index (χ0v) is 14.6. The number of carbonyl (C=O) groups is 1. The maximum atomic E-state index is 14.3. The molecule has 1 N–H and O–H groups in total. The topological polar surface area (TPSA) is 72.2 Å². The summed E-state index contributed by atoms with van der Waals surface area (Å²) in [6.07, 6.45) is 2.48. The number of carboxylic acid groups (broad SMARTS) is 1. The van der Waals surface area contributed by atoms with E-state index in [1.165, 1.54) is 24.3 Å². The maximum absolute atomic E-state index is 14.3. The molecule has 0 fully saturated rings. The van der Waals surface area contributed by atoms with Crippen LogP contribution in [0.3, 0.4) is 0 Å². The lowest BCUT2D eigenvalue weighted by atomic mass is 10.1. The lowest BCUT2D eigenvalue weighted by Gasteiger charge is -2.17. The van der Waals surface area contributed by atoms with E-state index in [-0.39, 0.29) is 5.82 Å². The molecular weight excluding hydrogens is 362 g/mol. The minimum atomic E-state index is -1.31. The monoisotopic (exact) mass is 376 g/mol. The first kappa shape index (κ1) is 16.8. The van der Waals surface area contributed by atoms with Crippen LogP contribution in [0.15, 0.2) is 23.0 Å². The van der Waals surface area contributed by atoms with E-state index in [9.17, 15) is 23.5 Å². The highest BCUT2D eigenvalue weighted by molar-refractivity contribution is 7.18. The molecule has 26 heavy (non-hydrogen) atoms. The number of fused-ring (bicyclic) bond motifs is 3. The molecule has 1 unspecified atom stereocenters. The highest BCUT2D eigenvalue weighted by Gasteiger charge is 2.29. The van der Waals surface area contributed by atoms with Crippen LogP contribution in [-0.4, -0.2) is 20.6 Å². The van der Waals surface area contributed by atoms with Gasteiger partial charge in [0.1, 0.15) is 22.5 Å². The normalized spacial score (nSPS) is 14.6. The Morgan fingerprint density at radius 1 is 1.31 bits per heavy atom. The Morgan fingerprint density at radius 2 is 2.00 bits per heavy atom. The van der Waals surface area contributed by atoms with Gasteiger partial charge in [0.05, 0.1) is 10.9 Å². The first-order valence-electron chi connectivity index (χ1n) is 8.14. The van der Waals surface area contributed by atoms with E-state index in [0.717, 1.165) is 46.4 Å².